The van der Waals surface area contributed by atoms with Crippen molar-refractivity contribution in [2.45, 2.75) is 13.5 Å². The van der Waals surface area contributed by atoms with E-state index in [2.05, 4.69) is 24.9 Å². The average molecular weight is 370 g/mol. The maximum Gasteiger partial charge on any atom is 0.159 e. The molecule has 0 amide bonds. The molecule has 1 fully saturated rings. The Balaban J connectivity index is 1.39. The van der Waals surface area contributed by atoms with Crippen molar-refractivity contribution in [2.24, 2.45) is 0 Å². The van der Waals surface area contributed by atoms with Gasteiger partial charge in [0.05, 0.1) is 5.69 Å². The summed E-state index contributed by atoms with van der Waals surface area (Å²) in [6.45, 7) is 5.78. The molecule has 3 heterocycles. The van der Waals surface area contributed by atoms with Crippen molar-refractivity contribution in [3.8, 4) is 5.82 Å². The summed E-state index contributed by atoms with van der Waals surface area (Å²) in [5.74, 6) is -0.0121. The predicted octanol–water partition coefficient (Wildman–Crippen LogP) is 2.57. The summed E-state index contributed by atoms with van der Waals surface area (Å²) in [5.41, 5.74) is 1.71. The van der Waals surface area contributed by atoms with Gasteiger partial charge in [-0.1, -0.05) is 6.07 Å². The van der Waals surface area contributed by atoms with Gasteiger partial charge in [-0.25, -0.2) is 23.4 Å². The number of rotatable bonds is 4. The van der Waals surface area contributed by atoms with Crippen LogP contribution in [0.25, 0.3) is 5.82 Å². The molecule has 8 heteroatoms. The molecule has 0 unspecified atom stereocenters. The van der Waals surface area contributed by atoms with Crippen LogP contribution in [0, 0.1) is 18.6 Å². The quantitative estimate of drug-likeness (QED) is 0.707. The largest absolute Gasteiger partial charge is 0.354 e. The fourth-order valence-corrected chi connectivity index (χ4v) is 3.21. The molecule has 1 aliphatic heterocycles. The van der Waals surface area contributed by atoms with E-state index in [0.29, 0.717) is 6.54 Å². The van der Waals surface area contributed by atoms with Gasteiger partial charge in [-0.15, -0.1) is 0 Å². The Morgan fingerprint density at radius 1 is 0.926 bits per heavy atom. The zero-order valence-corrected chi connectivity index (χ0v) is 15.0. The first-order chi connectivity index (χ1) is 13.1. The third-order valence-corrected chi connectivity index (χ3v) is 4.68. The van der Waals surface area contributed by atoms with E-state index >= 15 is 0 Å². The highest BCUT2D eigenvalue weighted by Gasteiger charge is 2.19. The Morgan fingerprint density at radius 2 is 1.70 bits per heavy atom. The van der Waals surface area contributed by atoms with Crippen LogP contribution in [0.1, 0.15) is 11.3 Å². The topological polar surface area (TPSA) is 50.1 Å². The number of piperazine rings is 1. The standard InChI is InChI=1S/C19H20F2N6/c1-14-4-5-27(24-14)19-11-18(22-13-23-19)26-8-6-25(7-9-26)12-15-2-3-16(20)17(21)10-15/h2-5,10-11,13H,6-9,12H2,1H3. The molecule has 0 aliphatic carbocycles. The minimum Gasteiger partial charge on any atom is -0.354 e. The van der Waals surface area contributed by atoms with Gasteiger partial charge in [0.15, 0.2) is 17.5 Å². The summed E-state index contributed by atoms with van der Waals surface area (Å²) in [7, 11) is 0. The molecular formula is C19H20F2N6. The number of hydrogen-bond donors (Lipinski definition) is 0. The molecule has 0 spiro atoms. The monoisotopic (exact) mass is 370 g/mol. The second kappa shape index (κ2) is 7.40. The number of nitrogens with zero attached hydrogens (tertiary/aromatic N) is 6. The lowest BCUT2D eigenvalue weighted by Crippen LogP contribution is -2.46. The van der Waals surface area contributed by atoms with Crippen LogP contribution < -0.4 is 4.90 Å². The number of halogens is 2. The molecule has 3 aromatic rings. The van der Waals surface area contributed by atoms with Crippen LogP contribution in [0.3, 0.4) is 0 Å². The van der Waals surface area contributed by atoms with Crippen LogP contribution in [-0.2, 0) is 6.54 Å². The van der Waals surface area contributed by atoms with E-state index in [-0.39, 0.29) is 0 Å². The number of hydrogen-bond acceptors (Lipinski definition) is 5. The summed E-state index contributed by atoms with van der Waals surface area (Å²) in [6, 6.07) is 7.94. The van der Waals surface area contributed by atoms with Gasteiger partial charge in [0.25, 0.3) is 0 Å². The first-order valence-corrected chi connectivity index (χ1v) is 8.84. The summed E-state index contributed by atoms with van der Waals surface area (Å²) in [5, 5.41) is 4.38. The highest BCUT2D eigenvalue weighted by atomic mass is 19.2. The van der Waals surface area contributed by atoms with Gasteiger partial charge in [-0.3, -0.25) is 4.90 Å². The molecule has 4 rings (SSSR count). The fourth-order valence-electron chi connectivity index (χ4n) is 3.21. The highest BCUT2D eigenvalue weighted by molar-refractivity contribution is 5.43. The second-order valence-electron chi connectivity index (χ2n) is 6.65. The van der Waals surface area contributed by atoms with E-state index < -0.39 is 11.6 Å². The smallest absolute Gasteiger partial charge is 0.159 e. The molecule has 6 nitrogen and oxygen atoms in total. The number of aromatic nitrogens is 4. The van der Waals surface area contributed by atoms with Crippen molar-refractivity contribution in [3.05, 3.63) is 65.7 Å². The minimum atomic E-state index is -0.810. The van der Waals surface area contributed by atoms with Gasteiger partial charge in [-0.05, 0) is 30.7 Å². The van der Waals surface area contributed by atoms with E-state index in [4.69, 9.17) is 0 Å². The van der Waals surface area contributed by atoms with Crippen molar-refractivity contribution >= 4 is 5.82 Å². The normalized spacial score (nSPS) is 15.3. The Morgan fingerprint density at radius 3 is 2.41 bits per heavy atom. The molecular weight excluding hydrogens is 350 g/mol. The number of anilines is 1. The molecule has 0 atom stereocenters. The first kappa shape index (κ1) is 17.5. The molecule has 2 aromatic heterocycles. The van der Waals surface area contributed by atoms with Crippen molar-refractivity contribution < 1.29 is 8.78 Å². The second-order valence-corrected chi connectivity index (χ2v) is 6.65. The minimum absolute atomic E-state index is 0.604. The SMILES string of the molecule is Cc1ccn(-c2cc(N3CCN(Cc4ccc(F)c(F)c4)CC3)ncn2)n1. The van der Waals surface area contributed by atoms with E-state index in [1.807, 2.05) is 25.3 Å². The molecule has 27 heavy (non-hydrogen) atoms. The molecule has 1 aliphatic rings. The summed E-state index contributed by atoms with van der Waals surface area (Å²) in [4.78, 5) is 13.1. The third kappa shape index (κ3) is 3.95. The number of benzene rings is 1. The molecule has 0 radical (unpaired) electrons. The Bertz CT molecular complexity index is 933. The zero-order valence-electron chi connectivity index (χ0n) is 15.0. The van der Waals surface area contributed by atoms with Crippen molar-refractivity contribution in [1.82, 2.24) is 24.6 Å². The summed E-state index contributed by atoms with van der Waals surface area (Å²) < 4.78 is 28.2. The van der Waals surface area contributed by atoms with Crippen LogP contribution in [0.15, 0.2) is 42.9 Å². The van der Waals surface area contributed by atoms with E-state index in [1.165, 1.54) is 12.1 Å². The lowest BCUT2D eigenvalue weighted by Gasteiger charge is -2.35. The molecule has 1 aromatic carbocycles. The molecule has 0 saturated carbocycles. The Kier molecular flexibility index (Phi) is 4.81. The summed E-state index contributed by atoms with van der Waals surface area (Å²) in [6.07, 6.45) is 3.43. The zero-order chi connectivity index (χ0) is 18.8. The molecule has 140 valence electrons. The molecule has 0 bridgehead atoms. The predicted molar refractivity (Wildman–Crippen MR) is 97.7 cm³/mol. The average Bonchev–Trinajstić information content (AvgIpc) is 3.12. The molecule has 0 N–H and O–H groups in total. The Hall–Kier alpha value is -2.87. The van der Waals surface area contributed by atoms with E-state index in [1.54, 1.807) is 17.1 Å². The maximum atomic E-state index is 13.4. The highest BCUT2D eigenvalue weighted by Crippen LogP contribution is 2.18. The van der Waals surface area contributed by atoms with Gasteiger partial charge in [0, 0.05) is 45.0 Å². The van der Waals surface area contributed by atoms with E-state index in [9.17, 15) is 8.78 Å². The van der Waals surface area contributed by atoms with Gasteiger partial charge in [0.1, 0.15) is 12.1 Å². The number of aryl methyl sites for hydroxylation is 1. The lowest BCUT2D eigenvalue weighted by molar-refractivity contribution is 0.249. The van der Waals surface area contributed by atoms with Crippen LogP contribution in [0.2, 0.25) is 0 Å². The van der Waals surface area contributed by atoms with Crippen molar-refractivity contribution in [3.63, 3.8) is 0 Å². The van der Waals surface area contributed by atoms with Crippen molar-refractivity contribution in [2.75, 3.05) is 31.1 Å². The maximum absolute atomic E-state index is 13.4. The van der Waals surface area contributed by atoms with Gasteiger partial charge in [0.2, 0.25) is 0 Å². The molecule has 1 saturated heterocycles. The Labute approximate surface area is 156 Å². The third-order valence-electron chi connectivity index (χ3n) is 4.68. The first-order valence-electron chi connectivity index (χ1n) is 8.84. The van der Waals surface area contributed by atoms with Gasteiger partial charge < -0.3 is 4.90 Å². The summed E-state index contributed by atoms with van der Waals surface area (Å²) >= 11 is 0. The van der Waals surface area contributed by atoms with Gasteiger partial charge >= 0.3 is 0 Å². The van der Waals surface area contributed by atoms with E-state index in [0.717, 1.165) is 49.1 Å². The lowest BCUT2D eigenvalue weighted by atomic mass is 10.2. The van der Waals surface area contributed by atoms with Crippen molar-refractivity contribution in [1.29, 1.82) is 0 Å². The van der Waals surface area contributed by atoms with Gasteiger partial charge in [-0.2, -0.15) is 5.10 Å². The van der Waals surface area contributed by atoms with Crippen LogP contribution in [0.5, 0.6) is 0 Å². The van der Waals surface area contributed by atoms with Crippen LogP contribution in [0.4, 0.5) is 14.6 Å². The van der Waals surface area contributed by atoms with Crippen LogP contribution in [-0.4, -0.2) is 50.8 Å². The van der Waals surface area contributed by atoms with Crippen LogP contribution >= 0.6 is 0 Å². The fraction of sp³-hybridized carbons (Fsp3) is 0.316.